The number of nitrogens with zero attached hydrogens (tertiary/aromatic N) is 1. The van der Waals surface area contributed by atoms with Crippen LogP contribution in [-0.2, 0) is 0 Å². The normalized spacial score (nSPS) is 9.73. The van der Waals surface area contributed by atoms with Crippen LogP contribution in [0.5, 0.6) is 11.5 Å². The highest BCUT2D eigenvalue weighted by molar-refractivity contribution is 6.00. The Morgan fingerprint density at radius 1 is 1.00 bits per heavy atom. The van der Waals surface area contributed by atoms with Crippen LogP contribution >= 0.6 is 0 Å². The summed E-state index contributed by atoms with van der Waals surface area (Å²) in [6.07, 6.45) is 1.49. The van der Waals surface area contributed by atoms with E-state index in [1.807, 2.05) is 0 Å². The molecule has 0 aliphatic rings. The van der Waals surface area contributed by atoms with Crippen molar-refractivity contribution in [1.82, 2.24) is 15.8 Å². The van der Waals surface area contributed by atoms with E-state index >= 15 is 0 Å². The minimum atomic E-state index is -0.513. The molecule has 2 aromatic rings. The molecule has 0 spiro atoms. The lowest BCUT2D eigenvalue weighted by Gasteiger charge is -2.11. The zero-order chi connectivity index (χ0) is 15.9. The summed E-state index contributed by atoms with van der Waals surface area (Å²) in [6, 6.07) is 9.65. The van der Waals surface area contributed by atoms with Crippen LogP contribution in [0.25, 0.3) is 0 Å². The van der Waals surface area contributed by atoms with E-state index in [-0.39, 0.29) is 11.3 Å². The molecule has 0 saturated carbocycles. The van der Waals surface area contributed by atoms with Gasteiger partial charge < -0.3 is 9.47 Å². The van der Waals surface area contributed by atoms with Crippen LogP contribution in [0.2, 0.25) is 0 Å². The van der Waals surface area contributed by atoms with E-state index in [0.717, 1.165) is 0 Å². The van der Waals surface area contributed by atoms with Crippen LogP contribution < -0.4 is 20.3 Å². The van der Waals surface area contributed by atoms with E-state index in [9.17, 15) is 9.59 Å². The van der Waals surface area contributed by atoms with Crippen molar-refractivity contribution in [3.8, 4) is 11.5 Å². The molecule has 1 heterocycles. The third-order valence-electron chi connectivity index (χ3n) is 2.84. The van der Waals surface area contributed by atoms with Gasteiger partial charge in [0.25, 0.3) is 11.8 Å². The van der Waals surface area contributed by atoms with E-state index < -0.39 is 11.8 Å². The predicted octanol–water partition coefficient (Wildman–Crippen LogP) is 1.17. The number of carbonyl (C=O) groups is 2. The number of carbonyl (C=O) groups excluding carboxylic acids is 2. The SMILES string of the molecule is COc1ccc(C(=O)NNC(=O)c2ccccn2)c(OC)c1. The second-order valence-electron chi connectivity index (χ2n) is 4.19. The predicted molar refractivity (Wildman–Crippen MR) is 78.7 cm³/mol. The third-order valence-corrected chi connectivity index (χ3v) is 2.84. The number of hydrogen-bond acceptors (Lipinski definition) is 5. The van der Waals surface area contributed by atoms with E-state index in [4.69, 9.17) is 9.47 Å². The number of hydrazine groups is 1. The molecule has 2 rings (SSSR count). The van der Waals surface area contributed by atoms with Gasteiger partial charge >= 0.3 is 0 Å². The lowest BCUT2D eigenvalue weighted by Crippen LogP contribution is -2.42. The van der Waals surface area contributed by atoms with Crippen molar-refractivity contribution in [3.63, 3.8) is 0 Å². The van der Waals surface area contributed by atoms with Crippen molar-refractivity contribution in [2.45, 2.75) is 0 Å². The Morgan fingerprint density at radius 2 is 1.77 bits per heavy atom. The fourth-order valence-electron chi connectivity index (χ4n) is 1.73. The number of nitrogens with one attached hydrogen (secondary N) is 2. The van der Waals surface area contributed by atoms with Crippen LogP contribution in [0, 0.1) is 0 Å². The highest BCUT2D eigenvalue weighted by Gasteiger charge is 2.14. The van der Waals surface area contributed by atoms with E-state index in [0.29, 0.717) is 11.5 Å². The van der Waals surface area contributed by atoms with Gasteiger partial charge in [0.2, 0.25) is 0 Å². The molecule has 0 radical (unpaired) electrons. The minimum Gasteiger partial charge on any atom is -0.497 e. The molecule has 7 heteroatoms. The standard InChI is InChI=1S/C15H15N3O4/c1-21-10-6-7-11(13(9-10)22-2)14(19)17-18-15(20)12-5-3-4-8-16-12/h3-9H,1-2H3,(H,17,19)(H,18,20). The van der Waals surface area contributed by atoms with E-state index in [2.05, 4.69) is 15.8 Å². The maximum Gasteiger partial charge on any atom is 0.288 e. The Bertz CT molecular complexity index is 674. The maximum absolute atomic E-state index is 12.1. The van der Waals surface area contributed by atoms with Crippen molar-refractivity contribution < 1.29 is 19.1 Å². The molecule has 1 aromatic carbocycles. The molecule has 2 N–H and O–H groups in total. The van der Waals surface area contributed by atoms with Crippen LogP contribution in [0.1, 0.15) is 20.8 Å². The van der Waals surface area contributed by atoms with Crippen LogP contribution in [-0.4, -0.2) is 31.0 Å². The maximum atomic E-state index is 12.1. The average Bonchev–Trinajstić information content (AvgIpc) is 2.59. The highest BCUT2D eigenvalue weighted by atomic mass is 16.5. The summed E-state index contributed by atoms with van der Waals surface area (Å²) in [5.74, 6) is -0.125. The summed E-state index contributed by atoms with van der Waals surface area (Å²) in [7, 11) is 2.96. The highest BCUT2D eigenvalue weighted by Crippen LogP contribution is 2.24. The average molecular weight is 301 g/mol. The number of methoxy groups -OCH3 is 2. The van der Waals surface area contributed by atoms with Crippen molar-refractivity contribution in [3.05, 3.63) is 53.9 Å². The van der Waals surface area contributed by atoms with Gasteiger partial charge in [0.05, 0.1) is 19.8 Å². The molecule has 2 amide bonds. The first kappa shape index (κ1) is 15.3. The molecule has 0 atom stereocenters. The summed E-state index contributed by atoms with van der Waals surface area (Å²) in [5, 5.41) is 0. The number of pyridine rings is 1. The monoisotopic (exact) mass is 301 g/mol. The first-order valence-corrected chi connectivity index (χ1v) is 6.39. The number of hydrogen-bond donors (Lipinski definition) is 2. The Morgan fingerprint density at radius 3 is 2.41 bits per heavy atom. The van der Waals surface area contributed by atoms with Gasteiger partial charge in [0.1, 0.15) is 17.2 Å². The molecule has 0 aliphatic heterocycles. The molecule has 0 aliphatic carbocycles. The van der Waals surface area contributed by atoms with Gasteiger partial charge in [-0.1, -0.05) is 6.07 Å². The largest absolute Gasteiger partial charge is 0.497 e. The second-order valence-corrected chi connectivity index (χ2v) is 4.19. The summed E-state index contributed by atoms with van der Waals surface area (Å²) in [6.45, 7) is 0. The lowest BCUT2D eigenvalue weighted by atomic mass is 10.2. The Labute approximate surface area is 127 Å². The molecule has 1 aromatic heterocycles. The lowest BCUT2D eigenvalue weighted by molar-refractivity contribution is 0.0842. The summed E-state index contributed by atoms with van der Waals surface area (Å²) < 4.78 is 10.2. The first-order chi connectivity index (χ1) is 10.7. The zero-order valence-electron chi connectivity index (χ0n) is 12.1. The number of amides is 2. The van der Waals surface area contributed by atoms with Gasteiger partial charge in [-0.3, -0.25) is 25.4 Å². The van der Waals surface area contributed by atoms with Crippen molar-refractivity contribution >= 4 is 11.8 Å². The third kappa shape index (κ3) is 3.51. The minimum absolute atomic E-state index is 0.199. The van der Waals surface area contributed by atoms with Gasteiger partial charge in [0, 0.05) is 12.3 Å². The van der Waals surface area contributed by atoms with Crippen LogP contribution in [0.4, 0.5) is 0 Å². The summed E-state index contributed by atoms with van der Waals surface area (Å²) in [4.78, 5) is 27.8. The van der Waals surface area contributed by atoms with Gasteiger partial charge in [0.15, 0.2) is 0 Å². The fourth-order valence-corrected chi connectivity index (χ4v) is 1.73. The van der Waals surface area contributed by atoms with Crippen molar-refractivity contribution in [2.24, 2.45) is 0 Å². The van der Waals surface area contributed by atoms with Crippen molar-refractivity contribution in [1.29, 1.82) is 0 Å². The molecule has 0 fully saturated rings. The fraction of sp³-hybridized carbons (Fsp3) is 0.133. The molecular weight excluding hydrogens is 286 g/mol. The molecule has 7 nitrogen and oxygen atoms in total. The van der Waals surface area contributed by atoms with Crippen molar-refractivity contribution in [2.75, 3.05) is 14.2 Å². The second kappa shape index (κ2) is 7.07. The zero-order valence-corrected chi connectivity index (χ0v) is 12.1. The van der Waals surface area contributed by atoms with Gasteiger partial charge in [-0.25, -0.2) is 0 Å². The molecule has 0 unspecified atom stereocenters. The molecule has 114 valence electrons. The summed E-state index contributed by atoms with van der Waals surface area (Å²) in [5.41, 5.74) is 5.07. The number of rotatable bonds is 4. The quantitative estimate of drug-likeness (QED) is 0.828. The Balaban J connectivity index is 2.05. The molecule has 0 saturated heterocycles. The van der Waals surface area contributed by atoms with Crippen LogP contribution in [0.3, 0.4) is 0 Å². The van der Waals surface area contributed by atoms with Gasteiger partial charge in [-0.2, -0.15) is 0 Å². The van der Waals surface area contributed by atoms with Gasteiger partial charge in [-0.05, 0) is 24.3 Å². The molecule has 22 heavy (non-hydrogen) atoms. The van der Waals surface area contributed by atoms with E-state index in [1.165, 1.54) is 26.5 Å². The Hall–Kier alpha value is -3.09. The topological polar surface area (TPSA) is 89.6 Å². The number of ether oxygens (including phenoxy) is 2. The van der Waals surface area contributed by atoms with E-state index in [1.54, 1.807) is 30.3 Å². The number of aromatic nitrogens is 1. The summed E-state index contributed by atoms with van der Waals surface area (Å²) >= 11 is 0. The smallest absolute Gasteiger partial charge is 0.288 e. The molecular formula is C15H15N3O4. The number of benzene rings is 1. The van der Waals surface area contributed by atoms with Gasteiger partial charge in [-0.15, -0.1) is 0 Å². The molecule has 0 bridgehead atoms. The Kier molecular flexibility index (Phi) is 4.92. The first-order valence-electron chi connectivity index (χ1n) is 6.39. The van der Waals surface area contributed by atoms with Crippen LogP contribution in [0.15, 0.2) is 42.6 Å².